The van der Waals surface area contributed by atoms with E-state index < -0.39 is 11.8 Å². The van der Waals surface area contributed by atoms with Crippen LogP contribution in [0.3, 0.4) is 0 Å². The molecule has 0 atom stereocenters. The number of carboxylic acids is 1. The Labute approximate surface area is 190 Å². The lowest BCUT2D eigenvalue weighted by molar-refractivity contribution is -0.136. The van der Waals surface area contributed by atoms with Crippen molar-refractivity contribution in [3.8, 4) is 16.9 Å². The summed E-state index contributed by atoms with van der Waals surface area (Å²) in [4.78, 5) is 11.2. The predicted octanol–water partition coefficient (Wildman–Crippen LogP) is 5.05. The van der Waals surface area contributed by atoms with Gasteiger partial charge in [-0.25, -0.2) is 4.39 Å². The molecule has 0 unspecified atom stereocenters. The highest BCUT2D eigenvalue weighted by Gasteiger charge is 2.17. The molecule has 1 heterocycles. The Kier molecular flexibility index (Phi) is 6.72. The summed E-state index contributed by atoms with van der Waals surface area (Å²) in [5.41, 5.74) is 8.99. The van der Waals surface area contributed by atoms with Crippen LogP contribution in [0, 0.1) is 5.82 Å². The van der Waals surface area contributed by atoms with Crippen LogP contribution in [0.25, 0.3) is 22.1 Å². The molecule has 1 aromatic heterocycles. The summed E-state index contributed by atoms with van der Waals surface area (Å²) in [6.07, 6.45) is -0.139. The second kappa shape index (κ2) is 9.85. The zero-order chi connectivity index (χ0) is 23.4. The minimum Gasteiger partial charge on any atom is -0.489 e. The van der Waals surface area contributed by atoms with E-state index in [1.165, 1.54) is 0 Å². The molecule has 0 radical (unpaired) electrons. The van der Waals surface area contributed by atoms with Crippen molar-refractivity contribution in [1.29, 1.82) is 0 Å². The van der Waals surface area contributed by atoms with Gasteiger partial charge in [0.1, 0.15) is 36.1 Å². The number of nitrogens with two attached hydrogens (primary N) is 1. The van der Waals surface area contributed by atoms with Gasteiger partial charge in [0, 0.05) is 41.3 Å². The van der Waals surface area contributed by atoms with Crippen LogP contribution in [-0.4, -0.2) is 18.2 Å². The van der Waals surface area contributed by atoms with Gasteiger partial charge in [-0.15, -0.1) is 0 Å². The lowest BCUT2D eigenvalue weighted by atomic mass is 9.98. The van der Waals surface area contributed by atoms with Crippen molar-refractivity contribution in [1.82, 2.24) is 0 Å². The number of furan rings is 1. The Bertz CT molecular complexity index is 1300. The molecule has 7 heteroatoms. The number of rotatable bonds is 9. The molecule has 0 aliphatic rings. The van der Waals surface area contributed by atoms with Crippen molar-refractivity contribution in [3.05, 3.63) is 88.9 Å². The molecule has 6 nitrogen and oxygen atoms in total. The average molecular weight is 449 g/mol. The van der Waals surface area contributed by atoms with Crippen LogP contribution in [0.1, 0.15) is 22.5 Å². The summed E-state index contributed by atoms with van der Waals surface area (Å²) >= 11 is 0. The zero-order valence-corrected chi connectivity index (χ0v) is 18.1. The number of ether oxygens (including phenoxy) is 2. The Balaban J connectivity index is 1.75. The van der Waals surface area contributed by atoms with Gasteiger partial charge in [0.25, 0.3) is 0 Å². The van der Waals surface area contributed by atoms with Crippen LogP contribution < -0.4 is 10.5 Å². The summed E-state index contributed by atoms with van der Waals surface area (Å²) in [7, 11) is 1.58. The Morgan fingerprint density at radius 1 is 1.03 bits per heavy atom. The third-order valence-corrected chi connectivity index (χ3v) is 5.31. The Morgan fingerprint density at radius 3 is 2.58 bits per heavy atom. The van der Waals surface area contributed by atoms with E-state index in [0.717, 1.165) is 10.9 Å². The zero-order valence-electron chi connectivity index (χ0n) is 18.1. The van der Waals surface area contributed by atoms with Gasteiger partial charge >= 0.3 is 5.97 Å². The molecule has 3 aromatic carbocycles. The van der Waals surface area contributed by atoms with E-state index in [4.69, 9.17) is 24.7 Å². The van der Waals surface area contributed by atoms with Gasteiger partial charge in [0.05, 0.1) is 6.42 Å². The quantitative estimate of drug-likeness (QED) is 0.371. The number of carboxylic acid groups (broad SMARTS) is 1. The van der Waals surface area contributed by atoms with Gasteiger partial charge in [0.15, 0.2) is 0 Å². The van der Waals surface area contributed by atoms with Gasteiger partial charge in [-0.1, -0.05) is 36.4 Å². The smallest absolute Gasteiger partial charge is 0.307 e. The highest BCUT2D eigenvalue weighted by atomic mass is 19.1. The summed E-state index contributed by atoms with van der Waals surface area (Å²) in [5, 5.41) is 9.94. The van der Waals surface area contributed by atoms with E-state index in [9.17, 15) is 4.79 Å². The number of aliphatic carboxylic acids is 1. The predicted molar refractivity (Wildman–Crippen MR) is 122 cm³/mol. The van der Waals surface area contributed by atoms with Crippen molar-refractivity contribution >= 4 is 16.9 Å². The second-order valence-electron chi connectivity index (χ2n) is 7.66. The van der Waals surface area contributed by atoms with Crippen LogP contribution in [0.2, 0.25) is 0 Å². The maximum Gasteiger partial charge on any atom is 0.307 e. The topological polar surface area (TPSA) is 94.9 Å². The molecular weight excluding hydrogens is 425 g/mol. The van der Waals surface area contributed by atoms with E-state index >= 15 is 4.39 Å². The van der Waals surface area contributed by atoms with Crippen molar-refractivity contribution in [3.63, 3.8) is 0 Å². The molecule has 0 aliphatic carbocycles. The summed E-state index contributed by atoms with van der Waals surface area (Å²) in [6, 6.07) is 17.7. The first-order valence-corrected chi connectivity index (χ1v) is 10.4. The van der Waals surface area contributed by atoms with E-state index in [1.54, 1.807) is 49.6 Å². The summed E-state index contributed by atoms with van der Waals surface area (Å²) in [5.74, 6) is -0.218. The molecule has 4 rings (SSSR count). The third kappa shape index (κ3) is 4.89. The van der Waals surface area contributed by atoms with Crippen molar-refractivity contribution in [2.75, 3.05) is 7.11 Å². The number of methoxy groups -OCH3 is 1. The molecule has 170 valence electrons. The van der Waals surface area contributed by atoms with Crippen LogP contribution >= 0.6 is 0 Å². The van der Waals surface area contributed by atoms with Crippen LogP contribution in [-0.2, 0) is 35.7 Å². The standard InChI is InChI=1S/C26H24FNO5/c1-31-15-20-11-19-9-16(14-32-23-8-3-2-5-17(23)12-24(29)30)10-22(26(19)33-20)21-7-4-6-18(13-28)25(21)27/h2-11H,12-15,28H2,1H3,(H,29,30). The van der Waals surface area contributed by atoms with Crippen molar-refractivity contribution < 1.29 is 28.2 Å². The van der Waals surface area contributed by atoms with Gasteiger partial charge < -0.3 is 24.7 Å². The number of carbonyl (C=O) groups is 1. The van der Waals surface area contributed by atoms with Gasteiger partial charge in [0.2, 0.25) is 0 Å². The first kappa shape index (κ1) is 22.5. The highest BCUT2D eigenvalue weighted by molar-refractivity contribution is 5.94. The van der Waals surface area contributed by atoms with E-state index in [-0.39, 0.29) is 26.2 Å². The van der Waals surface area contributed by atoms with Crippen molar-refractivity contribution in [2.24, 2.45) is 5.73 Å². The summed E-state index contributed by atoms with van der Waals surface area (Å²) < 4.78 is 32.3. The fourth-order valence-electron chi connectivity index (χ4n) is 3.83. The molecule has 0 aliphatic heterocycles. The lowest BCUT2D eigenvalue weighted by Gasteiger charge is -2.13. The molecule has 0 saturated carbocycles. The fraction of sp³-hybridized carbons (Fsp3) is 0.192. The molecule has 0 fully saturated rings. The minimum absolute atomic E-state index is 0.0824. The first-order chi connectivity index (χ1) is 16.0. The monoisotopic (exact) mass is 449 g/mol. The summed E-state index contributed by atoms with van der Waals surface area (Å²) in [6.45, 7) is 0.537. The normalized spacial score (nSPS) is 11.1. The number of benzene rings is 3. The van der Waals surface area contributed by atoms with Gasteiger partial charge in [-0.05, 0) is 29.8 Å². The molecule has 0 amide bonds. The van der Waals surface area contributed by atoms with Crippen LogP contribution in [0.5, 0.6) is 5.75 Å². The average Bonchev–Trinajstić information content (AvgIpc) is 3.20. The molecule has 0 saturated heterocycles. The molecule has 33 heavy (non-hydrogen) atoms. The third-order valence-electron chi connectivity index (χ3n) is 5.31. The number of hydrogen-bond donors (Lipinski definition) is 2. The van der Waals surface area contributed by atoms with Crippen LogP contribution in [0.15, 0.2) is 65.1 Å². The van der Waals surface area contributed by atoms with Crippen LogP contribution in [0.4, 0.5) is 4.39 Å². The Morgan fingerprint density at radius 2 is 1.82 bits per heavy atom. The number of halogens is 1. The molecular formula is C26H24FNO5. The maximum atomic E-state index is 15.2. The maximum absolute atomic E-state index is 15.2. The number of fused-ring (bicyclic) bond motifs is 1. The number of hydrogen-bond acceptors (Lipinski definition) is 5. The van der Waals surface area contributed by atoms with Gasteiger partial charge in [-0.2, -0.15) is 0 Å². The van der Waals surface area contributed by atoms with E-state index in [0.29, 0.717) is 39.3 Å². The largest absolute Gasteiger partial charge is 0.489 e. The second-order valence-corrected chi connectivity index (χ2v) is 7.66. The van der Waals surface area contributed by atoms with E-state index in [1.807, 2.05) is 18.2 Å². The minimum atomic E-state index is -0.936. The molecule has 3 N–H and O–H groups in total. The van der Waals surface area contributed by atoms with Gasteiger partial charge in [-0.3, -0.25) is 4.79 Å². The first-order valence-electron chi connectivity index (χ1n) is 10.4. The SMILES string of the molecule is COCc1cc2cc(COc3ccccc3CC(=O)O)cc(-c3cccc(CN)c3F)c2o1. The lowest BCUT2D eigenvalue weighted by Crippen LogP contribution is -2.04. The highest BCUT2D eigenvalue weighted by Crippen LogP contribution is 2.35. The molecule has 0 spiro atoms. The van der Waals surface area contributed by atoms with Crippen molar-refractivity contribution in [2.45, 2.75) is 26.2 Å². The van der Waals surface area contributed by atoms with E-state index in [2.05, 4.69) is 0 Å². The fourth-order valence-corrected chi connectivity index (χ4v) is 3.83. The Hall–Kier alpha value is -3.68. The molecule has 4 aromatic rings. The number of para-hydroxylation sites is 1. The molecule has 0 bridgehead atoms.